The minimum absolute atomic E-state index is 0.172. The van der Waals surface area contributed by atoms with Gasteiger partial charge in [-0.15, -0.1) is 0 Å². The first-order valence-electron chi connectivity index (χ1n) is 4.05. The van der Waals surface area contributed by atoms with Gasteiger partial charge in [-0.05, 0) is 34.4 Å². The second kappa shape index (κ2) is 5.98. The van der Waals surface area contributed by atoms with Crippen LogP contribution in [0.3, 0.4) is 0 Å². The molecule has 14 heavy (non-hydrogen) atoms. The molecule has 0 spiro atoms. The molecule has 1 aromatic carbocycles. The van der Waals surface area contributed by atoms with Crippen LogP contribution in [0.2, 0.25) is 0 Å². The van der Waals surface area contributed by atoms with Crippen molar-refractivity contribution in [1.82, 2.24) is 0 Å². The molecule has 2 nitrogen and oxygen atoms in total. The van der Waals surface area contributed by atoms with Crippen LogP contribution < -0.4 is 4.74 Å². The Hall–Kier alpha value is -0.620. The van der Waals surface area contributed by atoms with E-state index in [9.17, 15) is 9.50 Å². The fraction of sp³-hybridized carbons (Fsp3) is 0.200. The summed E-state index contributed by atoms with van der Waals surface area (Å²) in [6.45, 7) is 0.172. The Labute approximate surface area is 95.5 Å². The number of rotatable bonds is 4. The molecule has 4 heteroatoms. The number of hydrogen-bond donors (Lipinski definition) is 1. The van der Waals surface area contributed by atoms with Crippen LogP contribution in [0.25, 0.3) is 0 Å². The average molecular weight is 308 g/mol. The zero-order valence-corrected chi connectivity index (χ0v) is 9.52. The minimum atomic E-state index is -0.628. The van der Waals surface area contributed by atoms with Crippen LogP contribution in [-0.4, -0.2) is 17.8 Å². The average Bonchev–Trinajstić information content (AvgIpc) is 2.17. The quantitative estimate of drug-likeness (QED) is 0.866. The normalized spacial score (nSPS) is 13.1. The molecule has 0 bridgehead atoms. The fourth-order valence-corrected chi connectivity index (χ4v) is 1.33. The van der Waals surface area contributed by atoms with Crippen molar-refractivity contribution < 1.29 is 14.2 Å². The molecular weight excluding hydrogens is 298 g/mol. The molecule has 0 fully saturated rings. The van der Waals surface area contributed by atoms with Crippen LogP contribution in [0.15, 0.2) is 34.4 Å². The van der Waals surface area contributed by atoms with Gasteiger partial charge < -0.3 is 9.84 Å². The molecular formula is C10H10FIO2. The number of ether oxygens (including phenoxy) is 1. The molecule has 0 saturated carbocycles. The molecule has 0 heterocycles. The van der Waals surface area contributed by atoms with Crippen molar-refractivity contribution in [3.8, 4) is 5.75 Å². The van der Waals surface area contributed by atoms with Gasteiger partial charge in [0, 0.05) is 0 Å². The third kappa shape index (κ3) is 4.06. The van der Waals surface area contributed by atoms with Gasteiger partial charge in [-0.3, -0.25) is 0 Å². The summed E-state index contributed by atoms with van der Waals surface area (Å²) in [4.78, 5) is 0. The van der Waals surface area contributed by atoms with Crippen molar-refractivity contribution in [3.05, 3.63) is 40.2 Å². The highest BCUT2D eigenvalue weighted by Gasteiger charge is 2.00. The second-order valence-corrected chi connectivity index (χ2v) is 3.37. The highest BCUT2D eigenvalue weighted by Crippen LogP contribution is 2.11. The van der Waals surface area contributed by atoms with Gasteiger partial charge in [0.2, 0.25) is 0 Å². The second-order valence-electron chi connectivity index (χ2n) is 2.65. The fourth-order valence-electron chi connectivity index (χ4n) is 0.852. The Bertz CT molecular complexity index is 297. The van der Waals surface area contributed by atoms with Crippen LogP contribution in [0, 0.1) is 5.82 Å². The first-order valence-corrected chi connectivity index (χ1v) is 5.30. The molecule has 0 aliphatic heterocycles. The lowest BCUT2D eigenvalue weighted by atomic mass is 10.3. The summed E-state index contributed by atoms with van der Waals surface area (Å²) in [5.41, 5.74) is 0. The zero-order chi connectivity index (χ0) is 10.4. The van der Waals surface area contributed by atoms with E-state index in [1.165, 1.54) is 24.3 Å². The van der Waals surface area contributed by atoms with E-state index < -0.39 is 6.10 Å². The van der Waals surface area contributed by atoms with Gasteiger partial charge in [-0.2, -0.15) is 0 Å². The monoisotopic (exact) mass is 308 g/mol. The Kier molecular flexibility index (Phi) is 4.89. The van der Waals surface area contributed by atoms with Crippen molar-refractivity contribution in [2.45, 2.75) is 6.10 Å². The van der Waals surface area contributed by atoms with Crippen molar-refractivity contribution in [2.24, 2.45) is 0 Å². The summed E-state index contributed by atoms with van der Waals surface area (Å²) in [6, 6.07) is 5.68. The summed E-state index contributed by atoms with van der Waals surface area (Å²) in [7, 11) is 0. The van der Waals surface area contributed by atoms with Crippen molar-refractivity contribution in [1.29, 1.82) is 0 Å². The molecule has 1 rings (SSSR count). The third-order valence-corrected chi connectivity index (χ3v) is 1.94. The minimum Gasteiger partial charge on any atom is -0.491 e. The molecule has 1 atom stereocenters. The predicted octanol–water partition coefficient (Wildman–Crippen LogP) is 2.51. The van der Waals surface area contributed by atoms with Crippen LogP contribution in [0.1, 0.15) is 0 Å². The Balaban J connectivity index is 2.42. The molecule has 0 aliphatic carbocycles. The lowest BCUT2D eigenvalue weighted by Gasteiger charge is -2.08. The number of halogens is 2. The number of aliphatic hydroxyl groups is 1. The van der Waals surface area contributed by atoms with Crippen LogP contribution in [0.4, 0.5) is 4.39 Å². The van der Waals surface area contributed by atoms with E-state index in [1.54, 1.807) is 10.2 Å². The summed E-state index contributed by atoms with van der Waals surface area (Å²) in [6.07, 6.45) is 0.987. The molecule has 0 radical (unpaired) electrons. The van der Waals surface area contributed by atoms with Gasteiger partial charge in [-0.25, -0.2) is 4.39 Å². The maximum absolute atomic E-state index is 12.5. The summed E-state index contributed by atoms with van der Waals surface area (Å²) in [5.74, 6) is 0.248. The summed E-state index contributed by atoms with van der Waals surface area (Å²) >= 11 is 2.02. The lowest BCUT2D eigenvalue weighted by molar-refractivity contribution is 0.144. The Morgan fingerprint density at radius 2 is 2.07 bits per heavy atom. The van der Waals surface area contributed by atoms with E-state index in [2.05, 4.69) is 0 Å². The maximum Gasteiger partial charge on any atom is 0.123 e. The first-order chi connectivity index (χ1) is 6.72. The molecule has 1 unspecified atom stereocenters. The van der Waals surface area contributed by atoms with Crippen LogP contribution in [-0.2, 0) is 0 Å². The van der Waals surface area contributed by atoms with Crippen molar-refractivity contribution >= 4 is 22.6 Å². The molecule has 0 amide bonds. The van der Waals surface area contributed by atoms with Gasteiger partial charge in [-0.1, -0.05) is 22.6 Å². The summed E-state index contributed by atoms with van der Waals surface area (Å²) in [5, 5.41) is 9.27. The zero-order valence-electron chi connectivity index (χ0n) is 7.36. The molecule has 1 aromatic rings. The molecule has 0 saturated heterocycles. The maximum atomic E-state index is 12.5. The highest BCUT2D eigenvalue weighted by molar-refractivity contribution is 14.1. The van der Waals surface area contributed by atoms with Gasteiger partial charge in [0.05, 0.1) is 0 Å². The van der Waals surface area contributed by atoms with Gasteiger partial charge in [0.25, 0.3) is 0 Å². The van der Waals surface area contributed by atoms with E-state index in [4.69, 9.17) is 4.74 Å². The first kappa shape index (κ1) is 11.5. The van der Waals surface area contributed by atoms with Gasteiger partial charge in [0.1, 0.15) is 24.3 Å². The standard InChI is InChI=1S/C10H10FIO2/c11-8-1-3-10(4-2-8)14-7-9(13)5-6-12/h1-6,9,13H,7H2. The highest BCUT2D eigenvalue weighted by atomic mass is 127. The third-order valence-electron chi connectivity index (χ3n) is 1.53. The largest absolute Gasteiger partial charge is 0.491 e. The number of benzene rings is 1. The van der Waals surface area contributed by atoms with E-state index in [1.807, 2.05) is 22.6 Å². The van der Waals surface area contributed by atoms with E-state index in [0.29, 0.717) is 5.75 Å². The Morgan fingerprint density at radius 1 is 1.43 bits per heavy atom. The van der Waals surface area contributed by atoms with Crippen molar-refractivity contribution in [3.63, 3.8) is 0 Å². The van der Waals surface area contributed by atoms with Gasteiger partial charge in [0.15, 0.2) is 0 Å². The molecule has 1 N–H and O–H groups in total. The molecule has 0 aliphatic rings. The van der Waals surface area contributed by atoms with Crippen molar-refractivity contribution in [2.75, 3.05) is 6.61 Å². The topological polar surface area (TPSA) is 29.5 Å². The van der Waals surface area contributed by atoms with Gasteiger partial charge >= 0.3 is 0 Å². The molecule has 0 aromatic heterocycles. The number of hydrogen-bond acceptors (Lipinski definition) is 2. The SMILES string of the molecule is OC(C=CI)COc1ccc(F)cc1. The number of aliphatic hydroxyl groups excluding tert-OH is 1. The smallest absolute Gasteiger partial charge is 0.123 e. The summed E-state index contributed by atoms with van der Waals surface area (Å²) < 4.78 is 19.4. The predicted molar refractivity (Wildman–Crippen MR) is 61.1 cm³/mol. The van der Waals surface area contributed by atoms with Crippen LogP contribution >= 0.6 is 22.6 Å². The molecule has 76 valence electrons. The Morgan fingerprint density at radius 3 is 2.64 bits per heavy atom. The lowest BCUT2D eigenvalue weighted by Crippen LogP contribution is -2.14. The van der Waals surface area contributed by atoms with E-state index >= 15 is 0 Å². The van der Waals surface area contributed by atoms with E-state index in [-0.39, 0.29) is 12.4 Å². The van der Waals surface area contributed by atoms with E-state index in [0.717, 1.165) is 0 Å². The van der Waals surface area contributed by atoms with Crippen LogP contribution in [0.5, 0.6) is 5.75 Å².